The highest BCUT2D eigenvalue weighted by molar-refractivity contribution is 5.94. The lowest BCUT2D eigenvalue weighted by Crippen LogP contribution is -2.75. The van der Waals surface area contributed by atoms with Gasteiger partial charge >= 0.3 is 5.97 Å². The molecule has 1 atom stereocenters. The van der Waals surface area contributed by atoms with Crippen LogP contribution < -0.4 is 0 Å². The van der Waals surface area contributed by atoms with Gasteiger partial charge in [-0.3, -0.25) is 9.59 Å². The molecule has 1 unspecified atom stereocenters. The molecule has 1 N–H and O–H groups in total. The number of carbonyl (C=O) groups excluding carboxylic acids is 1. The van der Waals surface area contributed by atoms with E-state index in [0.717, 1.165) is 11.1 Å². The smallest absolute Gasteiger partial charge is 0.305 e. The van der Waals surface area contributed by atoms with Gasteiger partial charge in [0.25, 0.3) is 5.91 Å². The molecule has 1 aliphatic heterocycles. The van der Waals surface area contributed by atoms with Crippen LogP contribution in [-0.2, 0) is 4.79 Å². The first-order valence-corrected chi connectivity index (χ1v) is 8.43. The summed E-state index contributed by atoms with van der Waals surface area (Å²) in [7, 11) is 3.80. The highest BCUT2D eigenvalue weighted by atomic mass is 16.4. The van der Waals surface area contributed by atoms with Crippen LogP contribution in [0.2, 0.25) is 0 Å². The summed E-state index contributed by atoms with van der Waals surface area (Å²) >= 11 is 0. The summed E-state index contributed by atoms with van der Waals surface area (Å²) in [6.07, 6.45) is -0.0408. The molecule has 0 saturated carbocycles. The zero-order valence-electron chi connectivity index (χ0n) is 14.8. The molecule has 0 aromatic heterocycles. The van der Waals surface area contributed by atoms with Gasteiger partial charge in [0.1, 0.15) is 12.6 Å². The number of rotatable bonds is 3. The minimum absolute atomic E-state index is 0.0408. The summed E-state index contributed by atoms with van der Waals surface area (Å²) in [5.41, 5.74) is 2.18. The molecule has 0 spiro atoms. The van der Waals surface area contributed by atoms with Gasteiger partial charge in [0, 0.05) is 16.7 Å². The largest absolute Gasteiger partial charge is 0.481 e. The lowest BCUT2D eigenvalue weighted by Gasteiger charge is -2.53. The predicted octanol–water partition coefficient (Wildman–Crippen LogP) is 2.38. The first-order chi connectivity index (χ1) is 12.4. The van der Waals surface area contributed by atoms with Gasteiger partial charge in [0.05, 0.1) is 20.5 Å². The van der Waals surface area contributed by atoms with Crippen molar-refractivity contribution in [2.75, 3.05) is 20.6 Å². The number of amides is 1. The van der Waals surface area contributed by atoms with Gasteiger partial charge in [-0.2, -0.15) is 5.01 Å². The fraction of sp³-hybridized carbons (Fsp3) is 0.238. The van der Waals surface area contributed by atoms with E-state index in [4.69, 9.17) is 5.11 Å². The van der Waals surface area contributed by atoms with Crippen LogP contribution >= 0.6 is 0 Å². The van der Waals surface area contributed by atoms with Gasteiger partial charge in [0.15, 0.2) is 0 Å². The van der Waals surface area contributed by atoms with Crippen LogP contribution in [0.15, 0.2) is 54.6 Å². The summed E-state index contributed by atoms with van der Waals surface area (Å²) < 4.78 is 0.358. The molecule has 3 rings (SSSR count). The molecule has 1 aliphatic rings. The van der Waals surface area contributed by atoms with Crippen LogP contribution in [0.4, 0.5) is 0 Å². The molecular formula is C21H21N2O3+. The molecule has 1 saturated heterocycles. The van der Waals surface area contributed by atoms with Crippen molar-refractivity contribution in [3.05, 3.63) is 71.3 Å². The Balaban J connectivity index is 1.82. The summed E-state index contributed by atoms with van der Waals surface area (Å²) in [6, 6.07) is 16.5. The second-order valence-corrected chi connectivity index (χ2v) is 6.90. The third kappa shape index (κ3) is 3.76. The molecule has 5 heteroatoms. The molecule has 1 heterocycles. The molecule has 1 fully saturated rings. The topological polar surface area (TPSA) is 57.6 Å². The highest BCUT2D eigenvalue weighted by Gasteiger charge is 2.51. The Morgan fingerprint density at radius 1 is 1.08 bits per heavy atom. The quantitative estimate of drug-likeness (QED) is 0.684. The number of hydrogen-bond donors (Lipinski definition) is 1. The Hall–Kier alpha value is -3.10. The molecule has 0 radical (unpaired) electrons. The number of quaternary nitrogens is 1. The van der Waals surface area contributed by atoms with E-state index in [0.29, 0.717) is 16.7 Å². The van der Waals surface area contributed by atoms with Crippen LogP contribution in [0, 0.1) is 11.8 Å². The molecule has 1 amide bonds. The van der Waals surface area contributed by atoms with E-state index in [1.165, 1.54) is 0 Å². The van der Waals surface area contributed by atoms with Gasteiger partial charge in [0.2, 0.25) is 0 Å². The molecule has 0 aliphatic carbocycles. The first-order valence-electron chi connectivity index (χ1n) is 8.43. The number of likely N-dealkylation sites (N-methyl/N-ethyl adjacent to an activating group) is 1. The maximum Gasteiger partial charge on any atom is 0.305 e. The van der Waals surface area contributed by atoms with E-state index < -0.39 is 5.97 Å². The van der Waals surface area contributed by atoms with Gasteiger partial charge in [-0.1, -0.05) is 36.1 Å². The van der Waals surface area contributed by atoms with Crippen molar-refractivity contribution in [3.63, 3.8) is 0 Å². The van der Waals surface area contributed by atoms with Gasteiger partial charge in [-0.15, -0.1) is 0 Å². The van der Waals surface area contributed by atoms with Crippen molar-refractivity contribution in [1.82, 2.24) is 5.01 Å². The highest BCUT2D eigenvalue weighted by Crippen LogP contribution is 2.28. The normalized spacial score (nSPS) is 17.6. The monoisotopic (exact) mass is 349 g/mol. The van der Waals surface area contributed by atoms with E-state index in [1.807, 2.05) is 50.5 Å². The van der Waals surface area contributed by atoms with Crippen molar-refractivity contribution >= 4 is 11.9 Å². The third-order valence-electron chi connectivity index (χ3n) is 4.44. The van der Waals surface area contributed by atoms with Crippen molar-refractivity contribution < 1.29 is 19.3 Å². The van der Waals surface area contributed by atoms with E-state index in [9.17, 15) is 9.59 Å². The molecule has 2 aromatic carbocycles. The predicted molar refractivity (Wildman–Crippen MR) is 98.0 cm³/mol. The van der Waals surface area contributed by atoms with Crippen molar-refractivity contribution in [1.29, 1.82) is 0 Å². The second kappa shape index (κ2) is 7.03. The Labute approximate surface area is 153 Å². The van der Waals surface area contributed by atoms with Crippen molar-refractivity contribution in [2.45, 2.75) is 12.5 Å². The SMILES string of the molecule is C[N+]1(C)CC(CC(=O)O)N1C(=O)c1cccc(C#Cc2ccccc2)c1. The molecule has 132 valence electrons. The third-order valence-corrected chi connectivity index (χ3v) is 4.44. The fourth-order valence-corrected chi connectivity index (χ4v) is 3.32. The van der Waals surface area contributed by atoms with Crippen LogP contribution in [0.3, 0.4) is 0 Å². The van der Waals surface area contributed by atoms with Crippen LogP contribution in [0.1, 0.15) is 27.9 Å². The standard InChI is InChI=1S/C21H20N2O3/c1-23(2)15-19(14-20(24)25)22(23)21(26)18-10-6-9-17(13-18)12-11-16-7-4-3-5-8-16/h3-10,13,19H,14-15H2,1-2H3/p+1. The number of carbonyl (C=O) groups is 2. The minimum atomic E-state index is -0.894. The Bertz CT molecular complexity index is 894. The first kappa shape index (κ1) is 17.7. The zero-order chi connectivity index (χ0) is 18.7. The van der Waals surface area contributed by atoms with E-state index >= 15 is 0 Å². The summed E-state index contributed by atoms with van der Waals surface area (Å²) in [4.78, 5) is 24.0. The maximum atomic E-state index is 12.9. The summed E-state index contributed by atoms with van der Waals surface area (Å²) in [5.74, 6) is 5.09. The second-order valence-electron chi connectivity index (χ2n) is 6.90. The average Bonchev–Trinajstić information content (AvgIpc) is 2.59. The number of nitrogens with zero attached hydrogens (tertiary/aromatic N) is 2. The average molecular weight is 349 g/mol. The van der Waals surface area contributed by atoms with E-state index in [-0.39, 0.29) is 18.4 Å². The molecule has 26 heavy (non-hydrogen) atoms. The van der Waals surface area contributed by atoms with Crippen molar-refractivity contribution in [3.8, 4) is 11.8 Å². The minimum Gasteiger partial charge on any atom is -0.481 e. The van der Waals surface area contributed by atoms with Gasteiger partial charge < -0.3 is 5.11 Å². The Morgan fingerprint density at radius 2 is 1.73 bits per heavy atom. The fourth-order valence-electron chi connectivity index (χ4n) is 3.32. The number of carboxylic acid groups (broad SMARTS) is 1. The molecule has 5 nitrogen and oxygen atoms in total. The summed E-state index contributed by atoms with van der Waals surface area (Å²) in [6.45, 7) is 0.630. The van der Waals surface area contributed by atoms with Crippen LogP contribution in [0.25, 0.3) is 0 Å². The number of aliphatic carboxylic acids is 1. The molecular weight excluding hydrogens is 328 g/mol. The lowest BCUT2D eigenvalue weighted by molar-refractivity contribution is -1.04. The van der Waals surface area contributed by atoms with E-state index in [1.54, 1.807) is 23.2 Å². The Kier molecular flexibility index (Phi) is 4.79. The number of carboxylic acids is 1. The Morgan fingerprint density at radius 3 is 2.38 bits per heavy atom. The maximum absolute atomic E-state index is 12.9. The van der Waals surface area contributed by atoms with Crippen LogP contribution in [-0.4, -0.2) is 53.3 Å². The van der Waals surface area contributed by atoms with Gasteiger partial charge in [-0.25, -0.2) is 4.59 Å². The van der Waals surface area contributed by atoms with Crippen LogP contribution in [0.5, 0.6) is 0 Å². The van der Waals surface area contributed by atoms with Crippen molar-refractivity contribution in [2.24, 2.45) is 0 Å². The molecule has 2 aromatic rings. The number of benzene rings is 2. The number of hydrogen-bond acceptors (Lipinski definition) is 2. The lowest BCUT2D eigenvalue weighted by atomic mass is 10.0. The zero-order valence-corrected chi connectivity index (χ0v) is 14.8. The molecule has 0 bridgehead atoms. The van der Waals surface area contributed by atoms with E-state index in [2.05, 4.69) is 11.8 Å². The summed E-state index contributed by atoms with van der Waals surface area (Å²) in [5, 5.41) is 10.7. The van der Waals surface area contributed by atoms with Gasteiger partial charge in [-0.05, 0) is 30.3 Å².